The summed E-state index contributed by atoms with van der Waals surface area (Å²) in [4.78, 5) is 1.23. The Kier molecular flexibility index (Phi) is 4.95. The molecule has 20 heavy (non-hydrogen) atoms. The molecule has 2 aromatic rings. The van der Waals surface area contributed by atoms with Gasteiger partial charge in [-0.2, -0.15) is 0 Å². The molecule has 1 atom stereocenters. The number of thiophene rings is 1. The van der Waals surface area contributed by atoms with Crippen molar-refractivity contribution in [3.8, 4) is 5.75 Å². The van der Waals surface area contributed by atoms with Gasteiger partial charge in [0.2, 0.25) is 0 Å². The van der Waals surface area contributed by atoms with E-state index >= 15 is 0 Å². The van der Waals surface area contributed by atoms with Crippen molar-refractivity contribution in [1.29, 1.82) is 0 Å². The zero-order chi connectivity index (χ0) is 14.7. The maximum absolute atomic E-state index is 5.98. The first-order chi connectivity index (χ1) is 9.45. The van der Waals surface area contributed by atoms with Crippen LogP contribution in [0.15, 0.2) is 30.3 Å². The Morgan fingerprint density at radius 3 is 2.45 bits per heavy atom. The molecular formula is C16H20ClNOS. The molecule has 2 rings (SSSR count). The lowest BCUT2D eigenvalue weighted by Crippen LogP contribution is -2.08. The third-order valence-corrected chi connectivity index (χ3v) is 4.38. The van der Waals surface area contributed by atoms with Crippen LogP contribution in [0, 0.1) is 6.92 Å². The molecule has 0 aliphatic heterocycles. The predicted molar refractivity (Wildman–Crippen MR) is 88.3 cm³/mol. The van der Waals surface area contributed by atoms with Crippen molar-refractivity contribution in [2.24, 2.45) is 0 Å². The second-order valence-corrected chi connectivity index (χ2v) is 6.90. The minimum Gasteiger partial charge on any atom is -0.491 e. The van der Waals surface area contributed by atoms with Gasteiger partial charge >= 0.3 is 0 Å². The summed E-state index contributed by atoms with van der Waals surface area (Å²) in [6.07, 6.45) is 0.195. The van der Waals surface area contributed by atoms with Crippen LogP contribution >= 0.6 is 22.9 Å². The number of hydrogen-bond acceptors (Lipinski definition) is 3. The summed E-state index contributed by atoms with van der Waals surface area (Å²) in [5, 5.41) is 3.52. The van der Waals surface area contributed by atoms with Crippen molar-refractivity contribution in [2.45, 2.75) is 39.8 Å². The Morgan fingerprint density at radius 1 is 1.15 bits per heavy atom. The topological polar surface area (TPSA) is 21.3 Å². The molecule has 1 aromatic heterocycles. The molecule has 0 fully saturated rings. The first-order valence-electron chi connectivity index (χ1n) is 6.75. The molecule has 0 amide bonds. The zero-order valence-corrected chi connectivity index (χ0v) is 13.8. The molecule has 1 N–H and O–H groups in total. The van der Waals surface area contributed by atoms with Gasteiger partial charge in [0.25, 0.3) is 0 Å². The number of aryl methyl sites for hydroxylation is 1. The van der Waals surface area contributed by atoms with Crippen LogP contribution in [0.2, 0.25) is 4.34 Å². The van der Waals surface area contributed by atoms with E-state index in [1.54, 1.807) is 11.3 Å². The van der Waals surface area contributed by atoms with Crippen LogP contribution in [0.3, 0.4) is 0 Å². The summed E-state index contributed by atoms with van der Waals surface area (Å²) in [5.74, 6) is 0.912. The monoisotopic (exact) mass is 309 g/mol. The first-order valence-corrected chi connectivity index (χ1v) is 7.94. The fourth-order valence-corrected chi connectivity index (χ4v) is 3.07. The first kappa shape index (κ1) is 15.2. The summed E-state index contributed by atoms with van der Waals surface area (Å²) in [6.45, 7) is 8.29. The van der Waals surface area contributed by atoms with E-state index in [0.29, 0.717) is 0 Å². The minimum atomic E-state index is 0.195. The van der Waals surface area contributed by atoms with Gasteiger partial charge in [-0.05, 0) is 63.6 Å². The lowest BCUT2D eigenvalue weighted by atomic mass is 10.1. The number of benzene rings is 1. The van der Waals surface area contributed by atoms with E-state index in [1.807, 2.05) is 26.0 Å². The molecule has 0 aliphatic rings. The highest BCUT2D eigenvalue weighted by molar-refractivity contribution is 7.16. The minimum absolute atomic E-state index is 0.195. The Bertz CT molecular complexity index is 580. The molecule has 0 radical (unpaired) electrons. The van der Waals surface area contributed by atoms with E-state index in [-0.39, 0.29) is 12.1 Å². The smallest absolute Gasteiger partial charge is 0.120 e. The third-order valence-electron chi connectivity index (χ3n) is 2.96. The van der Waals surface area contributed by atoms with Gasteiger partial charge < -0.3 is 10.1 Å². The van der Waals surface area contributed by atoms with E-state index in [1.165, 1.54) is 10.4 Å². The van der Waals surface area contributed by atoms with Gasteiger partial charge in [0, 0.05) is 10.6 Å². The van der Waals surface area contributed by atoms with Crippen LogP contribution in [0.25, 0.3) is 0 Å². The lowest BCUT2D eigenvalue weighted by molar-refractivity contribution is 0.242. The van der Waals surface area contributed by atoms with Crippen LogP contribution in [0.4, 0.5) is 5.69 Å². The number of halogens is 1. The summed E-state index contributed by atoms with van der Waals surface area (Å²) >= 11 is 7.59. The second-order valence-electron chi connectivity index (χ2n) is 5.15. The third kappa shape index (κ3) is 3.90. The van der Waals surface area contributed by atoms with Crippen molar-refractivity contribution in [2.75, 3.05) is 5.32 Å². The van der Waals surface area contributed by atoms with Crippen LogP contribution in [0.1, 0.15) is 37.3 Å². The zero-order valence-electron chi connectivity index (χ0n) is 12.2. The highest BCUT2D eigenvalue weighted by Gasteiger charge is 2.10. The Balaban J connectivity index is 2.09. The van der Waals surface area contributed by atoms with Crippen LogP contribution < -0.4 is 10.1 Å². The lowest BCUT2D eigenvalue weighted by Gasteiger charge is -2.17. The summed E-state index contributed by atoms with van der Waals surface area (Å²) in [5.41, 5.74) is 2.30. The predicted octanol–water partition coefficient (Wildman–Crippen LogP) is 5.67. The fraction of sp³-hybridized carbons (Fsp3) is 0.375. The van der Waals surface area contributed by atoms with Crippen molar-refractivity contribution < 1.29 is 4.74 Å². The molecule has 2 nitrogen and oxygen atoms in total. The van der Waals surface area contributed by atoms with Gasteiger partial charge in [0.1, 0.15) is 5.75 Å². The quantitative estimate of drug-likeness (QED) is 0.768. The molecule has 1 aromatic carbocycles. The van der Waals surface area contributed by atoms with Gasteiger partial charge in [-0.25, -0.2) is 0 Å². The van der Waals surface area contributed by atoms with Gasteiger partial charge in [0.15, 0.2) is 0 Å². The number of ether oxygens (including phenoxy) is 1. The Labute approximate surface area is 129 Å². The summed E-state index contributed by atoms with van der Waals surface area (Å²) < 4.78 is 6.52. The second kappa shape index (κ2) is 6.51. The van der Waals surface area contributed by atoms with Crippen molar-refractivity contribution in [1.82, 2.24) is 0 Å². The van der Waals surface area contributed by atoms with Crippen molar-refractivity contribution >= 4 is 28.6 Å². The largest absolute Gasteiger partial charge is 0.491 e. The van der Waals surface area contributed by atoms with E-state index < -0.39 is 0 Å². The fourth-order valence-electron chi connectivity index (χ4n) is 2.01. The standard InChI is InChI=1S/C16H20ClNOS/c1-10(2)19-13-5-6-14(11(3)9-13)18-12(4)15-7-8-16(17)20-15/h5-10,12,18H,1-4H3. The molecule has 0 saturated heterocycles. The number of hydrogen-bond donors (Lipinski definition) is 1. The van der Waals surface area contributed by atoms with Gasteiger partial charge in [-0.15, -0.1) is 11.3 Å². The average Bonchev–Trinajstić information content (AvgIpc) is 2.78. The maximum atomic E-state index is 5.98. The number of rotatable bonds is 5. The normalized spacial score (nSPS) is 12.5. The highest BCUT2D eigenvalue weighted by atomic mass is 35.5. The summed E-state index contributed by atoms with van der Waals surface area (Å²) in [6, 6.07) is 10.4. The number of anilines is 1. The molecule has 0 aliphatic carbocycles. The molecule has 1 heterocycles. The SMILES string of the molecule is Cc1cc(OC(C)C)ccc1NC(C)c1ccc(Cl)s1. The molecule has 0 saturated carbocycles. The Hall–Kier alpha value is -1.19. The number of nitrogens with one attached hydrogen (secondary N) is 1. The van der Waals surface area contributed by atoms with E-state index in [0.717, 1.165) is 15.8 Å². The molecule has 1 unspecified atom stereocenters. The van der Waals surface area contributed by atoms with Crippen molar-refractivity contribution in [3.05, 3.63) is 45.1 Å². The Morgan fingerprint density at radius 2 is 1.90 bits per heavy atom. The molecule has 108 valence electrons. The van der Waals surface area contributed by atoms with E-state index in [9.17, 15) is 0 Å². The van der Waals surface area contributed by atoms with E-state index in [4.69, 9.17) is 16.3 Å². The molecular weight excluding hydrogens is 290 g/mol. The van der Waals surface area contributed by atoms with Gasteiger partial charge in [0.05, 0.1) is 16.5 Å². The molecule has 0 spiro atoms. The van der Waals surface area contributed by atoms with Crippen LogP contribution in [0.5, 0.6) is 5.75 Å². The van der Waals surface area contributed by atoms with Gasteiger partial charge in [-0.1, -0.05) is 11.6 Å². The molecule has 4 heteroatoms. The summed E-state index contributed by atoms with van der Waals surface area (Å²) in [7, 11) is 0. The average molecular weight is 310 g/mol. The van der Waals surface area contributed by atoms with Crippen LogP contribution in [-0.4, -0.2) is 6.10 Å². The maximum Gasteiger partial charge on any atom is 0.120 e. The van der Waals surface area contributed by atoms with Crippen LogP contribution in [-0.2, 0) is 0 Å². The van der Waals surface area contributed by atoms with Crippen molar-refractivity contribution in [3.63, 3.8) is 0 Å². The highest BCUT2D eigenvalue weighted by Crippen LogP contribution is 2.30. The van der Waals surface area contributed by atoms with Gasteiger partial charge in [-0.3, -0.25) is 0 Å². The van der Waals surface area contributed by atoms with E-state index in [2.05, 4.69) is 37.4 Å². The molecule has 0 bridgehead atoms.